The fourth-order valence-electron chi connectivity index (χ4n) is 3.62. The molecule has 0 radical (unpaired) electrons. The molecule has 1 saturated carbocycles. The van der Waals surface area contributed by atoms with Crippen LogP contribution in [0.4, 0.5) is 23.5 Å². The molecule has 2 aliphatic rings. The number of benzene rings is 1. The Morgan fingerprint density at radius 2 is 2.00 bits per heavy atom. The maximum Gasteiger partial charge on any atom is 0.400 e. The zero-order chi connectivity index (χ0) is 20.3. The molecule has 0 unspecified atom stereocenters. The Morgan fingerprint density at radius 3 is 2.64 bits per heavy atom. The molecule has 146 valence electrons. The van der Waals surface area contributed by atoms with E-state index in [1.807, 2.05) is 0 Å². The van der Waals surface area contributed by atoms with Crippen molar-refractivity contribution in [2.24, 2.45) is 0 Å². The van der Waals surface area contributed by atoms with Crippen molar-refractivity contribution in [3.63, 3.8) is 0 Å². The van der Waals surface area contributed by atoms with Gasteiger partial charge in [-0.2, -0.15) is 13.2 Å². The Kier molecular flexibility index (Phi) is 4.18. The van der Waals surface area contributed by atoms with E-state index in [0.29, 0.717) is 4.47 Å². The second-order valence-corrected chi connectivity index (χ2v) is 7.50. The Hall–Kier alpha value is -2.56. The van der Waals surface area contributed by atoms with E-state index in [1.165, 1.54) is 18.2 Å². The van der Waals surface area contributed by atoms with Gasteiger partial charge in [0.15, 0.2) is 5.82 Å². The monoisotopic (exact) mass is 458 g/mol. The first kappa shape index (κ1) is 18.8. The molecule has 0 bridgehead atoms. The van der Waals surface area contributed by atoms with Gasteiger partial charge in [-0.3, -0.25) is 14.9 Å². The number of nitrogens with zero attached hydrogens (tertiary/aromatic N) is 3. The maximum absolute atomic E-state index is 13.9. The second-order valence-electron chi connectivity index (χ2n) is 6.59. The van der Waals surface area contributed by atoms with Crippen LogP contribution in [0.15, 0.2) is 35.1 Å². The second kappa shape index (κ2) is 6.23. The highest BCUT2D eigenvalue weighted by Gasteiger charge is 2.76. The molecule has 1 aromatic heterocycles. The quantitative estimate of drug-likeness (QED) is 0.717. The SMILES string of the molecule is O=C(CN1C(=O)c2ccc(Br)cc2[C@@]2(C(F)(F)F)C[C@@H]12)Nc1ncc(F)cn1. The van der Waals surface area contributed by atoms with Gasteiger partial charge in [0.1, 0.15) is 12.0 Å². The van der Waals surface area contributed by atoms with E-state index in [4.69, 9.17) is 0 Å². The summed E-state index contributed by atoms with van der Waals surface area (Å²) < 4.78 is 54.9. The van der Waals surface area contributed by atoms with Gasteiger partial charge in [0, 0.05) is 10.0 Å². The van der Waals surface area contributed by atoms with Gasteiger partial charge in [0.25, 0.3) is 5.91 Å². The zero-order valence-electron chi connectivity index (χ0n) is 13.9. The van der Waals surface area contributed by atoms with Crippen LogP contribution in [-0.2, 0) is 10.2 Å². The predicted octanol–water partition coefficient (Wildman–Crippen LogP) is 3.05. The van der Waals surface area contributed by atoms with Crippen molar-refractivity contribution >= 4 is 33.7 Å². The summed E-state index contributed by atoms with van der Waals surface area (Å²) in [5, 5.41) is 2.25. The Morgan fingerprint density at radius 1 is 1.32 bits per heavy atom. The summed E-state index contributed by atoms with van der Waals surface area (Å²) in [6.45, 7) is -0.600. The first-order valence-electron chi connectivity index (χ1n) is 8.08. The highest BCUT2D eigenvalue weighted by atomic mass is 79.9. The highest BCUT2D eigenvalue weighted by molar-refractivity contribution is 9.10. The molecule has 2 amide bonds. The molecule has 2 atom stereocenters. The lowest BCUT2D eigenvalue weighted by Crippen LogP contribution is -2.50. The highest BCUT2D eigenvalue weighted by Crippen LogP contribution is 2.64. The molecule has 0 saturated heterocycles. The fourth-order valence-corrected chi connectivity index (χ4v) is 3.98. The van der Waals surface area contributed by atoms with Crippen LogP contribution in [0.5, 0.6) is 0 Å². The summed E-state index contributed by atoms with van der Waals surface area (Å²) in [7, 11) is 0. The van der Waals surface area contributed by atoms with Crippen LogP contribution in [0.2, 0.25) is 0 Å². The van der Waals surface area contributed by atoms with Crippen molar-refractivity contribution in [3.8, 4) is 0 Å². The molecule has 28 heavy (non-hydrogen) atoms. The first-order chi connectivity index (χ1) is 13.1. The molecule has 11 heteroatoms. The van der Waals surface area contributed by atoms with E-state index in [1.54, 1.807) is 0 Å². The molecule has 1 N–H and O–H groups in total. The third kappa shape index (κ3) is 2.84. The number of nitrogens with one attached hydrogen (secondary N) is 1. The minimum atomic E-state index is -4.58. The van der Waals surface area contributed by atoms with Crippen LogP contribution in [0.25, 0.3) is 0 Å². The largest absolute Gasteiger partial charge is 0.400 e. The van der Waals surface area contributed by atoms with Gasteiger partial charge in [-0.15, -0.1) is 0 Å². The van der Waals surface area contributed by atoms with E-state index in [9.17, 15) is 27.2 Å². The number of rotatable bonds is 3. The summed E-state index contributed by atoms with van der Waals surface area (Å²) in [5.41, 5.74) is -2.35. The van der Waals surface area contributed by atoms with Gasteiger partial charge < -0.3 is 4.90 Å². The number of carbonyl (C=O) groups is 2. The van der Waals surface area contributed by atoms with E-state index in [-0.39, 0.29) is 23.5 Å². The van der Waals surface area contributed by atoms with Crippen LogP contribution in [0, 0.1) is 5.82 Å². The Balaban J connectivity index is 1.63. The van der Waals surface area contributed by atoms with Crippen LogP contribution in [0.3, 0.4) is 0 Å². The summed E-state index contributed by atoms with van der Waals surface area (Å²) in [6, 6.07) is 2.94. The number of aromatic nitrogens is 2. The van der Waals surface area contributed by atoms with E-state index in [2.05, 4.69) is 31.2 Å². The third-order valence-electron chi connectivity index (χ3n) is 4.95. The molecule has 1 aliphatic carbocycles. The Bertz CT molecular complexity index is 982. The van der Waals surface area contributed by atoms with Crippen molar-refractivity contribution in [2.45, 2.75) is 24.1 Å². The number of anilines is 1. The molecular formula is C17H11BrF4N4O2. The van der Waals surface area contributed by atoms with Crippen molar-refractivity contribution in [3.05, 3.63) is 52.0 Å². The summed E-state index contributed by atoms with van der Waals surface area (Å²) in [6.07, 6.45) is -3.23. The number of halogens is 5. The normalized spacial score (nSPS) is 23.1. The van der Waals surface area contributed by atoms with Gasteiger partial charge in [-0.1, -0.05) is 15.9 Å². The average Bonchev–Trinajstić information content (AvgIpc) is 3.38. The molecule has 6 nitrogen and oxygen atoms in total. The fraction of sp³-hybridized carbons (Fsp3) is 0.294. The number of hydrogen-bond donors (Lipinski definition) is 1. The predicted molar refractivity (Wildman–Crippen MR) is 91.9 cm³/mol. The summed E-state index contributed by atoms with van der Waals surface area (Å²) >= 11 is 3.15. The molecule has 2 aromatic rings. The minimum absolute atomic E-state index is 0.0806. The number of fused-ring (bicyclic) bond motifs is 3. The lowest BCUT2D eigenvalue weighted by Gasteiger charge is -2.34. The van der Waals surface area contributed by atoms with E-state index < -0.39 is 41.8 Å². The molecule has 1 aliphatic heterocycles. The number of hydrogen-bond acceptors (Lipinski definition) is 4. The van der Waals surface area contributed by atoms with Crippen LogP contribution < -0.4 is 5.32 Å². The maximum atomic E-state index is 13.9. The summed E-state index contributed by atoms with van der Waals surface area (Å²) in [5.74, 6) is -2.35. The van der Waals surface area contributed by atoms with E-state index in [0.717, 1.165) is 17.3 Å². The third-order valence-corrected chi connectivity index (χ3v) is 5.44. The molecular weight excluding hydrogens is 448 g/mol. The van der Waals surface area contributed by atoms with Gasteiger partial charge in [-0.05, 0) is 30.2 Å². The Labute approximate surface area is 164 Å². The minimum Gasteiger partial charge on any atom is -0.325 e. The molecule has 0 spiro atoms. The average molecular weight is 459 g/mol. The van der Waals surface area contributed by atoms with Gasteiger partial charge in [0.2, 0.25) is 11.9 Å². The van der Waals surface area contributed by atoms with Gasteiger partial charge in [-0.25, -0.2) is 14.4 Å². The summed E-state index contributed by atoms with van der Waals surface area (Å²) in [4.78, 5) is 33.0. The van der Waals surface area contributed by atoms with Crippen molar-refractivity contribution in [1.29, 1.82) is 0 Å². The smallest absolute Gasteiger partial charge is 0.325 e. The number of carbonyl (C=O) groups excluding carboxylic acids is 2. The topological polar surface area (TPSA) is 75.2 Å². The van der Waals surface area contributed by atoms with Gasteiger partial charge in [0.05, 0.1) is 18.4 Å². The van der Waals surface area contributed by atoms with Gasteiger partial charge >= 0.3 is 6.18 Å². The van der Waals surface area contributed by atoms with Crippen LogP contribution in [0.1, 0.15) is 22.3 Å². The lowest BCUT2D eigenvalue weighted by molar-refractivity contribution is -0.166. The molecule has 1 aromatic carbocycles. The standard InChI is InChI=1S/C17H11BrF4N4O2/c18-8-1-2-10-11(3-8)16(17(20,21)22)4-12(16)26(14(10)28)7-13(27)25-15-23-5-9(19)6-24-15/h1-3,5-6,12H,4,7H2,(H,23,24,25,27)/t12-,16+/m1/s1. The molecule has 2 heterocycles. The van der Waals surface area contributed by atoms with Crippen molar-refractivity contribution in [2.75, 3.05) is 11.9 Å². The van der Waals surface area contributed by atoms with E-state index >= 15 is 0 Å². The number of amides is 2. The lowest BCUT2D eigenvalue weighted by atomic mass is 9.86. The number of alkyl halides is 3. The zero-order valence-corrected chi connectivity index (χ0v) is 15.5. The molecule has 4 rings (SSSR count). The van der Waals surface area contributed by atoms with Crippen molar-refractivity contribution < 1.29 is 27.2 Å². The molecule has 1 fully saturated rings. The van der Waals surface area contributed by atoms with Crippen LogP contribution >= 0.6 is 15.9 Å². The van der Waals surface area contributed by atoms with Crippen LogP contribution in [-0.4, -0.2) is 45.4 Å². The first-order valence-corrected chi connectivity index (χ1v) is 8.88. The van der Waals surface area contributed by atoms with Crippen molar-refractivity contribution in [1.82, 2.24) is 14.9 Å².